The number of allylic oxidation sites excluding steroid dienone is 4. The van der Waals surface area contributed by atoms with Crippen molar-refractivity contribution in [2.24, 2.45) is 5.73 Å². The Labute approximate surface area is 268 Å². The Kier molecular flexibility index (Phi) is 30.4. The summed E-state index contributed by atoms with van der Waals surface area (Å²) in [5, 5.41) is 0. The van der Waals surface area contributed by atoms with Crippen LogP contribution in [-0.4, -0.2) is 49.3 Å². The van der Waals surface area contributed by atoms with Gasteiger partial charge in [-0.3, -0.25) is 18.6 Å². The second-order valence-corrected chi connectivity index (χ2v) is 12.8. The lowest BCUT2D eigenvalue weighted by Crippen LogP contribution is -2.29. The summed E-state index contributed by atoms with van der Waals surface area (Å²) in [5.41, 5.74) is 5.30. The zero-order valence-electron chi connectivity index (χ0n) is 27.9. The van der Waals surface area contributed by atoms with Crippen molar-refractivity contribution in [2.45, 2.75) is 155 Å². The van der Waals surface area contributed by atoms with E-state index in [4.69, 9.17) is 24.3 Å². The molecule has 0 aromatic rings. The molecule has 0 heterocycles. The number of phosphoric ester groups is 1. The Morgan fingerprint density at radius 2 is 1.14 bits per heavy atom. The van der Waals surface area contributed by atoms with Crippen molar-refractivity contribution in [3.63, 3.8) is 0 Å². The summed E-state index contributed by atoms with van der Waals surface area (Å²) in [6.07, 6.45) is 29.6. The summed E-state index contributed by atoms with van der Waals surface area (Å²) in [5.74, 6) is -0.884. The minimum absolute atomic E-state index is 0.0491. The van der Waals surface area contributed by atoms with E-state index >= 15 is 0 Å². The fourth-order valence-electron chi connectivity index (χ4n) is 4.45. The highest BCUT2D eigenvalue weighted by molar-refractivity contribution is 7.47. The average molecular weight is 646 g/mol. The van der Waals surface area contributed by atoms with Crippen LogP contribution in [0.1, 0.15) is 149 Å². The van der Waals surface area contributed by atoms with Gasteiger partial charge in [-0.25, -0.2) is 4.57 Å². The third kappa shape index (κ3) is 30.5. The van der Waals surface area contributed by atoms with Crippen molar-refractivity contribution in [3.8, 4) is 0 Å². The molecule has 0 aliphatic heterocycles. The maximum absolute atomic E-state index is 12.4. The topological polar surface area (TPSA) is 134 Å². The quantitative estimate of drug-likeness (QED) is 0.0318. The first-order valence-electron chi connectivity index (χ1n) is 17.3. The largest absolute Gasteiger partial charge is 0.472 e. The van der Waals surface area contributed by atoms with E-state index in [1.165, 1.54) is 57.8 Å². The molecule has 0 saturated carbocycles. The van der Waals surface area contributed by atoms with Gasteiger partial charge in [-0.1, -0.05) is 102 Å². The molecule has 2 atom stereocenters. The number of esters is 2. The number of nitrogens with two attached hydrogens (primary N) is 1. The van der Waals surface area contributed by atoms with Gasteiger partial charge in [-0.05, 0) is 57.8 Å². The van der Waals surface area contributed by atoms with Crippen LogP contribution in [-0.2, 0) is 32.7 Å². The number of hydrogen-bond acceptors (Lipinski definition) is 8. The zero-order chi connectivity index (χ0) is 32.6. The van der Waals surface area contributed by atoms with E-state index in [0.717, 1.165) is 57.8 Å². The van der Waals surface area contributed by atoms with Crippen molar-refractivity contribution >= 4 is 19.8 Å². The Balaban J connectivity index is 4.24. The van der Waals surface area contributed by atoms with E-state index in [1.54, 1.807) is 0 Å². The summed E-state index contributed by atoms with van der Waals surface area (Å²) in [7, 11) is -4.37. The number of rotatable bonds is 32. The smallest absolute Gasteiger partial charge is 0.462 e. The average Bonchev–Trinajstić information content (AvgIpc) is 3.00. The van der Waals surface area contributed by atoms with Gasteiger partial charge in [0.1, 0.15) is 6.61 Å². The van der Waals surface area contributed by atoms with Crippen LogP contribution in [0.2, 0.25) is 0 Å². The van der Waals surface area contributed by atoms with Crippen molar-refractivity contribution < 1.29 is 37.6 Å². The molecule has 44 heavy (non-hydrogen) atoms. The van der Waals surface area contributed by atoms with Gasteiger partial charge in [0.25, 0.3) is 0 Å². The van der Waals surface area contributed by atoms with Crippen LogP contribution in [0.3, 0.4) is 0 Å². The Bertz CT molecular complexity index is 789. The lowest BCUT2D eigenvalue weighted by atomic mass is 10.1. The predicted molar refractivity (Wildman–Crippen MR) is 178 cm³/mol. The monoisotopic (exact) mass is 645 g/mol. The Morgan fingerprint density at radius 1 is 0.659 bits per heavy atom. The molecule has 0 aliphatic carbocycles. The van der Waals surface area contributed by atoms with Crippen LogP contribution in [0.25, 0.3) is 0 Å². The number of hydrogen-bond donors (Lipinski definition) is 2. The second-order valence-electron chi connectivity index (χ2n) is 11.4. The van der Waals surface area contributed by atoms with Crippen molar-refractivity contribution in [3.05, 3.63) is 24.3 Å². The van der Waals surface area contributed by atoms with E-state index in [2.05, 4.69) is 38.2 Å². The minimum Gasteiger partial charge on any atom is -0.462 e. The normalized spacial score (nSPS) is 13.8. The molecule has 9 nitrogen and oxygen atoms in total. The molecule has 0 saturated heterocycles. The molecule has 258 valence electrons. The summed E-state index contributed by atoms with van der Waals surface area (Å²) >= 11 is 0. The number of ether oxygens (including phenoxy) is 2. The minimum atomic E-state index is -4.37. The molecule has 0 spiro atoms. The van der Waals surface area contributed by atoms with E-state index in [9.17, 15) is 19.0 Å². The zero-order valence-corrected chi connectivity index (χ0v) is 28.8. The van der Waals surface area contributed by atoms with E-state index in [-0.39, 0.29) is 32.6 Å². The van der Waals surface area contributed by atoms with Gasteiger partial charge < -0.3 is 20.1 Å². The third-order valence-corrected chi connectivity index (χ3v) is 8.04. The molecule has 0 aromatic heterocycles. The van der Waals surface area contributed by atoms with E-state index in [0.29, 0.717) is 6.42 Å². The first-order valence-corrected chi connectivity index (χ1v) is 18.8. The van der Waals surface area contributed by atoms with E-state index in [1.807, 2.05) is 0 Å². The highest BCUT2D eigenvalue weighted by Gasteiger charge is 2.25. The van der Waals surface area contributed by atoms with Gasteiger partial charge in [0.2, 0.25) is 0 Å². The molecular formula is C34H64NO8P. The van der Waals surface area contributed by atoms with Crippen molar-refractivity contribution in [2.75, 3.05) is 26.4 Å². The first kappa shape index (κ1) is 42.5. The molecule has 3 N–H and O–H groups in total. The number of unbranched alkanes of at least 4 members (excludes halogenated alkanes) is 15. The fraction of sp³-hybridized carbons (Fsp3) is 0.824. The van der Waals surface area contributed by atoms with Gasteiger partial charge in [-0.15, -0.1) is 0 Å². The molecule has 0 rings (SSSR count). The molecule has 10 heteroatoms. The van der Waals surface area contributed by atoms with Crippen molar-refractivity contribution in [1.29, 1.82) is 0 Å². The standard InChI is InChI=1S/C34H64NO8P/c1-3-5-7-9-11-12-13-14-15-16-17-18-19-20-21-23-25-27-34(37)43-32(31-42-44(38,39)41-29-28-35)30-40-33(36)26-24-22-10-8-6-4-2/h14-15,20-21,32H,3-13,16-19,22-31,35H2,1-2H3,(H,38,39)/b15-14+,21-20+/t32-/m1/s1. The van der Waals surface area contributed by atoms with Crippen molar-refractivity contribution in [1.82, 2.24) is 0 Å². The maximum atomic E-state index is 12.4. The van der Waals surface area contributed by atoms with Gasteiger partial charge in [0.15, 0.2) is 6.10 Å². The molecular weight excluding hydrogens is 581 g/mol. The van der Waals surface area contributed by atoms with Gasteiger partial charge in [-0.2, -0.15) is 0 Å². The molecule has 0 bridgehead atoms. The maximum Gasteiger partial charge on any atom is 0.472 e. The van der Waals surface area contributed by atoms with Gasteiger partial charge >= 0.3 is 19.8 Å². The van der Waals surface area contributed by atoms with Crippen LogP contribution < -0.4 is 5.73 Å². The summed E-state index contributed by atoms with van der Waals surface area (Å²) in [6.45, 7) is 3.59. The highest BCUT2D eigenvalue weighted by Crippen LogP contribution is 2.43. The van der Waals surface area contributed by atoms with Crippen LogP contribution in [0.15, 0.2) is 24.3 Å². The Hall–Kier alpha value is -1.51. The number of phosphoric acid groups is 1. The predicted octanol–water partition coefficient (Wildman–Crippen LogP) is 8.88. The second kappa shape index (κ2) is 31.5. The van der Waals surface area contributed by atoms with E-state index < -0.39 is 32.5 Å². The Morgan fingerprint density at radius 3 is 1.70 bits per heavy atom. The molecule has 1 unspecified atom stereocenters. The third-order valence-electron chi connectivity index (χ3n) is 7.06. The molecule has 0 fully saturated rings. The van der Waals surface area contributed by atoms with Crippen LogP contribution in [0, 0.1) is 0 Å². The first-order chi connectivity index (χ1) is 21.3. The molecule has 0 aliphatic rings. The van der Waals surface area contributed by atoms with Crippen LogP contribution >= 0.6 is 7.82 Å². The fourth-order valence-corrected chi connectivity index (χ4v) is 5.22. The molecule has 0 radical (unpaired) electrons. The van der Waals surface area contributed by atoms with Gasteiger partial charge in [0.05, 0.1) is 13.2 Å². The lowest BCUT2D eigenvalue weighted by molar-refractivity contribution is -0.161. The number of carbonyl (C=O) groups is 2. The SMILES string of the molecule is CCCCCCCC/C=C/CCCC/C=C/CCCC(=O)O[C@H](COC(=O)CCCCCCCC)COP(=O)(O)OCCN. The number of carbonyl (C=O) groups excluding carboxylic acids is 2. The van der Waals surface area contributed by atoms with Crippen LogP contribution in [0.5, 0.6) is 0 Å². The highest BCUT2D eigenvalue weighted by atomic mass is 31.2. The lowest BCUT2D eigenvalue weighted by Gasteiger charge is -2.19. The summed E-state index contributed by atoms with van der Waals surface area (Å²) in [6, 6.07) is 0. The molecule has 0 amide bonds. The van der Waals surface area contributed by atoms with Crippen LogP contribution in [0.4, 0.5) is 0 Å². The summed E-state index contributed by atoms with van der Waals surface area (Å²) < 4.78 is 32.4. The van der Waals surface area contributed by atoms with Gasteiger partial charge in [0, 0.05) is 19.4 Å². The summed E-state index contributed by atoms with van der Waals surface area (Å²) in [4.78, 5) is 34.4. The molecule has 0 aromatic carbocycles.